The van der Waals surface area contributed by atoms with Gasteiger partial charge in [-0.2, -0.15) is 0 Å². The van der Waals surface area contributed by atoms with Crippen molar-refractivity contribution in [3.63, 3.8) is 0 Å². The Hall–Kier alpha value is -1.10. The summed E-state index contributed by atoms with van der Waals surface area (Å²) in [5.74, 6) is -0.628. The van der Waals surface area contributed by atoms with Gasteiger partial charge in [0.15, 0.2) is 0 Å². The third-order valence-electron chi connectivity index (χ3n) is 4.37. The van der Waals surface area contributed by atoms with Gasteiger partial charge in [-0.3, -0.25) is 9.59 Å². The number of carbonyl (C=O) groups is 2. The summed E-state index contributed by atoms with van der Waals surface area (Å²) in [4.78, 5) is 25.1. The molecule has 17 heavy (non-hydrogen) atoms. The van der Waals surface area contributed by atoms with Gasteiger partial charge in [0.05, 0.1) is 10.8 Å². The van der Waals surface area contributed by atoms with Crippen LogP contribution in [0.1, 0.15) is 32.6 Å². The van der Waals surface area contributed by atoms with Crippen molar-refractivity contribution in [2.45, 2.75) is 32.6 Å². The standard InChI is InChI=1S/C12H20N2O3/c1-11(10(16)17)4-6-14(7-5-11)9(15)12(8-13)2-3-12/h2-8,13H2,1H3,(H,16,17). The van der Waals surface area contributed by atoms with E-state index in [-0.39, 0.29) is 11.3 Å². The van der Waals surface area contributed by atoms with Crippen molar-refractivity contribution < 1.29 is 14.7 Å². The van der Waals surface area contributed by atoms with Crippen molar-refractivity contribution in [3.8, 4) is 0 Å². The quantitative estimate of drug-likeness (QED) is 0.749. The fraction of sp³-hybridized carbons (Fsp3) is 0.833. The van der Waals surface area contributed by atoms with E-state index in [0.29, 0.717) is 32.5 Å². The molecule has 5 heteroatoms. The number of hydrogen-bond acceptors (Lipinski definition) is 3. The highest BCUT2D eigenvalue weighted by Crippen LogP contribution is 2.47. The Bertz CT molecular complexity index is 342. The zero-order valence-electron chi connectivity index (χ0n) is 10.2. The first kappa shape index (κ1) is 12.4. The minimum absolute atomic E-state index is 0.132. The number of hydrogen-bond donors (Lipinski definition) is 2. The highest BCUT2D eigenvalue weighted by Gasteiger charge is 2.51. The average molecular weight is 240 g/mol. The number of carbonyl (C=O) groups excluding carboxylic acids is 1. The molecule has 0 aromatic rings. The summed E-state index contributed by atoms with van der Waals surface area (Å²) in [5.41, 5.74) is 4.66. The lowest BCUT2D eigenvalue weighted by Gasteiger charge is -2.38. The van der Waals surface area contributed by atoms with Gasteiger partial charge >= 0.3 is 5.97 Å². The van der Waals surface area contributed by atoms with Crippen LogP contribution in [-0.2, 0) is 9.59 Å². The molecule has 1 heterocycles. The van der Waals surface area contributed by atoms with E-state index in [0.717, 1.165) is 12.8 Å². The van der Waals surface area contributed by atoms with E-state index in [4.69, 9.17) is 10.8 Å². The number of rotatable bonds is 3. The molecule has 1 aliphatic carbocycles. The number of amides is 1. The third kappa shape index (κ3) is 2.04. The van der Waals surface area contributed by atoms with Gasteiger partial charge in [-0.05, 0) is 32.6 Å². The molecule has 3 N–H and O–H groups in total. The van der Waals surface area contributed by atoms with Crippen LogP contribution in [0.25, 0.3) is 0 Å². The number of nitrogens with zero attached hydrogens (tertiary/aromatic N) is 1. The van der Waals surface area contributed by atoms with Crippen LogP contribution in [0.5, 0.6) is 0 Å². The van der Waals surface area contributed by atoms with Gasteiger partial charge in [0.1, 0.15) is 0 Å². The molecule has 1 saturated heterocycles. The van der Waals surface area contributed by atoms with Crippen LogP contribution in [0.4, 0.5) is 0 Å². The normalized spacial score (nSPS) is 25.4. The van der Waals surface area contributed by atoms with E-state index in [1.807, 2.05) is 0 Å². The van der Waals surface area contributed by atoms with E-state index in [1.165, 1.54) is 0 Å². The summed E-state index contributed by atoms with van der Waals surface area (Å²) in [6.45, 7) is 3.26. The highest BCUT2D eigenvalue weighted by molar-refractivity contribution is 5.86. The zero-order chi connectivity index (χ0) is 12.7. The van der Waals surface area contributed by atoms with Gasteiger partial charge in [0, 0.05) is 19.6 Å². The second-order valence-electron chi connectivity index (χ2n) is 5.64. The minimum atomic E-state index is -0.760. The first-order valence-corrected chi connectivity index (χ1v) is 6.16. The molecule has 1 saturated carbocycles. The molecular weight excluding hydrogens is 220 g/mol. The lowest BCUT2D eigenvalue weighted by molar-refractivity contribution is -0.154. The number of piperidine rings is 1. The van der Waals surface area contributed by atoms with Crippen molar-refractivity contribution >= 4 is 11.9 Å². The number of nitrogens with two attached hydrogens (primary N) is 1. The molecule has 0 spiro atoms. The molecule has 96 valence electrons. The molecule has 2 aliphatic rings. The Kier molecular flexibility index (Phi) is 2.89. The number of likely N-dealkylation sites (tertiary alicyclic amines) is 1. The molecule has 0 aromatic carbocycles. The van der Waals surface area contributed by atoms with Crippen molar-refractivity contribution in [2.24, 2.45) is 16.6 Å². The molecule has 5 nitrogen and oxygen atoms in total. The first-order chi connectivity index (χ1) is 7.93. The second-order valence-corrected chi connectivity index (χ2v) is 5.64. The summed E-state index contributed by atoms with van der Waals surface area (Å²) in [5, 5.41) is 9.12. The van der Waals surface area contributed by atoms with E-state index in [2.05, 4.69) is 0 Å². The molecule has 0 radical (unpaired) electrons. The largest absolute Gasteiger partial charge is 0.481 e. The number of carboxylic acids is 1. The molecule has 0 aromatic heterocycles. The SMILES string of the molecule is CC1(C(=O)O)CCN(C(=O)C2(CN)CC2)CC1. The van der Waals surface area contributed by atoms with Gasteiger partial charge in [-0.25, -0.2) is 0 Å². The summed E-state index contributed by atoms with van der Waals surface area (Å²) < 4.78 is 0. The summed E-state index contributed by atoms with van der Waals surface area (Å²) in [7, 11) is 0. The topological polar surface area (TPSA) is 83.6 Å². The van der Waals surface area contributed by atoms with Crippen molar-refractivity contribution in [1.29, 1.82) is 0 Å². The fourth-order valence-electron chi connectivity index (χ4n) is 2.41. The average Bonchev–Trinajstić information content (AvgIpc) is 3.10. The summed E-state index contributed by atoms with van der Waals surface area (Å²) >= 11 is 0. The number of carboxylic acid groups (broad SMARTS) is 1. The van der Waals surface area contributed by atoms with Crippen LogP contribution in [0.3, 0.4) is 0 Å². The highest BCUT2D eigenvalue weighted by atomic mass is 16.4. The molecule has 1 aliphatic heterocycles. The van der Waals surface area contributed by atoms with E-state index >= 15 is 0 Å². The van der Waals surface area contributed by atoms with E-state index < -0.39 is 11.4 Å². The molecule has 1 amide bonds. The second kappa shape index (κ2) is 3.98. The fourth-order valence-corrected chi connectivity index (χ4v) is 2.41. The predicted molar refractivity (Wildman–Crippen MR) is 62.3 cm³/mol. The van der Waals surface area contributed by atoms with Crippen molar-refractivity contribution in [2.75, 3.05) is 19.6 Å². The summed E-state index contributed by atoms with van der Waals surface area (Å²) in [6.07, 6.45) is 2.84. The van der Waals surface area contributed by atoms with Gasteiger partial charge in [-0.1, -0.05) is 0 Å². The van der Waals surface area contributed by atoms with Gasteiger partial charge < -0.3 is 15.7 Å². The lowest BCUT2D eigenvalue weighted by atomic mass is 9.80. The maximum absolute atomic E-state index is 12.2. The Morgan fingerprint density at radius 3 is 2.12 bits per heavy atom. The maximum atomic E-state index is 12.2. The summed E-state index contributed by atoms with van der Waals surface area (Å²) in [6, 6.07) is 0. The van der Waals surface area contributed by atoms with Crippen LogP contribution in [-0.4, -0.2) is 41.5 Å². The van der Waals surface area contributed by atoms with Gasteiger partial charge in [-0.15, -0.1) is 0 Å². The first-order valence-electron chi connectivity index (χ1n) is 6.16. The Balaban J connectivity index is 1.96. The Morgan fingerprint density at radius 1 is 1.24 bits per heavy atom. The molecule has 2 fully saturated rings. The van der Waals surface area contributed by atoms with Crippen LogP contribution in [0.15, 0.2) is 0 Å². The maximum Gasteiger partial charge on any atom is 0.309 e. The number of aliphatic carboxylic acids is 1. The zero-order valence-corrected chi connectivity index (χ0v) is 10.2. The van der Waals surface area contributed by atoms with Crippen LogP contribution < -0.4 is 5.73 Å². The lowest BCUT2D eigenvalue weighted by Crippen LogP contribution is -2.48. The third-order valence-corrected chi connectivity index (χ3v) is 4.37. The molecular formula is C12H20N2O3. The van der Waals surface area contributed by atoms with Crippen LogP contribution >= 0.6 is 0 Å². The van der Waals surface area contributed by atoms with E-state index in [1.54, 1.807) is 11.8 Å². The predicted octanol–water partition coefficient (Wildman–Crippen LogP) is 0.439. The van der Waals surface area contributed by atoms with Crippen molar-refractivity contribution in [3.05, 3.63) is 0 Å². The monoisotopic (exact) mass is 240 g/mol. The Morgan fingerprint density at radius 2 is 1.76 bits per heavy atom. The van der Waals surface area contributed by atoms with Crippen LogP contribution in [0.2, 0.25) is 0 Å². The van der Waals surface area contributed by atoms with Crippen molar-refractivity contribution in [1.82, 2.24) is 4.90 Å². The smallest absolute Gasteiger partial charge is 0.309 e. The Labute approximate surface area is 101 Å². The minimum Gasteiger partial charge on any atom is -0.481 e. The van der Waals surface area contributed by atoms with Gasteiger partial charge in [0.2, 0.25) is 5.91 Å². The molecule has 0 unspecified atom stereocenters. The van der Waals surface area contributed by atoms with Gasteiger partial charge in [0.25, 0.3) is 0 Å². The van der Waals surface area contributed by atoms with Crippen LogP contribution in [0, 0.1) is 10.8 Å². The molecule has 2 rings (SSSR count). The molecule has 0 atom stereocenters. The molecule has 0 bridgehead atoms. The van der Waals surface area contributed by atoms with E-state index in [9.17, 15) is 9.59 Å².